The maximum atomic E-state index is 12.4. The number of fused-ring (bicyclic) bond motifs is 2. The van der Waals surface area contributed by atoms with E-state index in [9.17, 15) is 14.4 Å². The lowest BCUT2D eigenvalue weighted by Crippen LogP contribution is -2.34. The molecule has 2 N–H and O–H groups in total. The van der Waals surface area contributed by atoms with Crippen molar-refractivity contribution in [2.24, 2.45) is 0 Å². The number of H-pyrrole nitrogens is 1. The topological polar surface area (TPSA) is 82.3 Å². The normalized spacial score (nSPS) is 13.3. The number of nitrogens with one attached hydrogen (secondary N) is 2. The molecule has 2 heterocycles. The van der Waals surface area contributed by atoms with Crippen LogP contribution in [-0.4, -0.2) is 34.2 Å². The highest BCUT2D eigenvalue weighted by Gasteiger charge is 2.34. The summed E-state index contributed by atoms with van der Waals surface area (Å²) in [6.45, 7) is 6.61. The van der Waals surface area contributed by atoms with Crippen molar-refractivity contribution < 1.29 is 14.4 Å². The minimum Gasteiger partial charge on any atom is -0.358 e. The van der Waals surface area contributed by atoms with E-state index in [-0.39, 0.29) is 30.7 Å². The lowest BCUT2D eigenvalue weighted by Gasteiger charge is -2.14. The number of nitrogens with zero attached hydrogens (tertiary/aromatic N) is 1. The predicted octanol–water partition coefficient (Wildman–Crippen LogP) is 3.40. The zero-order valence-electron chi connectivity index (χ0n) is 16.8. The molecule has 1 aliphatic rings. The van der Waals surface area contributed by atoms with E-state index in [1.165, 1.54) is 5.56 Å². The number of hydrogen-bond donors (Lipinski definition) is 2. The largest absolute Gasteiger partial charge is 0.358 e. The van der Waals surface area contributed by atoms with Crippen LogP contribution in [0, 0.1) is 20.8 Å². The van der Waals surface area contributed by atoms with Crippen LogP contribution in [0.15, 0.2) is 36.4 Å². The average Bonchev–Trinajstić information content (AvgIpc) is 3.12. The highest BCUT2D eigenvalue weighted by atomic mass is 16.2. The SMILES string of the molecule is Cc1cc(CNC(=O)CCN2C(=O)c3ccccc3C2=O)c2[nH]c(C)c(C)c2c1. The Balaban J connectivity index is 1.41. The molecule has 0 saturated carbocycles. The molecule has 0 atom stereocenters. The van der Waals surface area contributed by atoms with Gasteiger partial charge >= 0.3 is 0 Å². The number of rotatable bonds is 5. The van der Waals surface area contributed by atoms with Crippen LogP contribution >= 0.6 is 0 Å². The Labute approximate surface area is 168 Å². The van der Waals surface area contributed by atoms with Crippen molar-refractivity contribution in [3.63, 3.8) is 0 Å². The van der Waals surface area contributed by atoms with Gasteiger partial charge in [-0.15, -0.1) is 0 Å². The zero-order valence-corrected chi connectivity index (χ0v) is 16.8. The third-order valence-corrected chi connectivity index (χ3v) is 5.56. The van der Waals surface area contributed by atoms with Crippen LogP contribution in [0.3, 0.4) is 0 Å². The summed E-state index contributed by atoms with van der Waals surface area (Å²) in [6, 6.07) is 10.9. The van der Waals surface area contributed by atoms with Gasteiger partial charge in [0.2, 0.25) is 5.91 Å². The Bertz CT molecular complexity index is 1120. The molecule has 6 nitrogen and oxygen atoms in total. The number of imide groups is 1. The summed E-state index contributed by atoms with van der Waals surface area (Å²) >= 11 is 0. The van der Waals surface area contributed by atoms with Crippen LogP contribution in [-0.2, 0) is 11.3 Å². The fourth-order valence-electron chi connectivity index (χ4n) is 3.87. The first kappa shape index (κ1) is 18.9. The third kappa shape index (κ3) is 3.31. The summed E-state index contributed by atoms with van der Waals surface area (Å²) in [5.74, 6) is -0.872. The highest BCUT2D eigenvalue weighted by molar-refractivity contribution is 6.21. The first-order valence-corrected chi connectivity index (χ1v) is 9.67. The van der Waals surface area contributed by atoms with Crippen LogP contribution in [0.2, 0.25) is 0 Å². The molecule has 0 aliphatic carbocycles. The molecule has 0 spiro atoms. The number of aromatic nitrogens is 1. The summed E-state index contributed by atoms with van der Waals surface area (Å²) < 4.78 is 0. The van der Waals surface area contributed by atoms with Gasteiger partial charge in [0.15, 0.2) is 0 Å². The molecular formula is C23H23N3O3. The van der Waals surface area contributed by atoms with Gasteiger partial charge in [-0.2, -0.15) is 0 Å². The molecule has 0 unspecified atom stereocenters. The van der Waals surface area contributed by atoms with Gasteiger partial charge in [0.25, 0.3) is 11.8 Å². The average molecular weight is 389 g/mol. The van der Waals surface area contributed by atoms with E-state index in [4.69, 9.17) is 0 Å². The monoisotopic (exact) mass is 389 g/mol. The molecule has 0 saturated heterocycles. The maximum Gasteiger partial charge on any atom is 0.261 e. The number of aryl methyl sites for hydroxylation is 3. The lowest BCUT2D eigenvalue weighted by atomic mass is 10.0. The number of carbonyl (C=O) groups excluding carboxylic acids is 3. The Morgan fingerprint density at radius 3 is 2.34 bits per heavy atom. The molecular weight excluding hydrogens is 366 g/mol. The van der Waals surface area contributed by atoms with Crippen molar-refractivity contribution in [3.05, 3.63) is 69.9 Å². The van der Waals surface area contributed by atoms with Crippen LogP contribution in [0.1, 0.15) is 49.5 Å². The second kappa shape index (κ2) is 7.20. The van der Waals surface area contributed by atoms with Gasteiger partial charge in [-0.05, 0) is 50.1 Å². The second-order valence-corrected chi connectivity index (χ2v) is 7.56. The van der Waals surface area contributed by atoms with Gasteiger partial charge < -0.3 is 10.3 Å². The van der Waals surface area contributed by atoms with Gasteiger partial charge in [-0.1, -0.05) is 23.8 Å². The van der Waals surface area contributed by atoms with E-state index < -0.39 is 0 Å². The Morgan fingerprint density at radius 1 is 1.03 bits per heavy atom. The number of benzene rings is 2. The van der Waals surface area contributed by atoms with Gasteiger partial charge in [-0.25, -0.2) is 0 Å². The summed E-state index contributed by atoms with van der Waals surface area (Å²) in [5.41, 5.74) is 6.31. The Kier molecular flexibility index (Phi) is 4.70. The molecule has 4 rings (SSSR count). The first-order chi connectivity index (χ1) is 13.9. The van der Waals surface area contributed by atoms with Crippen molar-refractivity contribution in [1.82, 2.24) is 15.2 Å². The van der Waals surface area contributed by atoms with Gasteiger partial charge in [0, 0.05) is 30.6 Å². The Morgan fingerprint density at radius 2 is 1.69 bits per heavy atom. The van der Waals surface area contributed by atoms with E-state index in [1.807, 2.05) is 13.8 Å². The van der Waals surface area contributed by atoms with Crippen LogP contribution < -0.4 is 5.32 Å². The third-order valence-electron chi connectivity index (χ3n) is 5.56. The van der Waals surface area contributed by atoms with E-state index in [1.54, 1.807) is 24.3 Å². The van der Waals surface area contributed by atoms with E-state index in [2.05, 4.69) is 29.4 Å². The summed E-state index contributed by atoms with van der Waals surface area (Å²) in [4.78, 5) is 41.7. The summed E-state index contributed by atoms with van der Waals surface area (Å²) in [5, 5.41) is 4.08. The molecule has 3 amide bonds. The van der Waals surface area contributed by atoms with Gasteiger partial charge in [-0.3, -0.25) is 19.3 Å². The molecule has 0 bridgehead atoms. The van der Waals surface area contributed by atoms with Crippen LogP contribution in [0.4, 0.5) is 0 Å². The van der Waals surface area contributed by atoms with Crippen LogP contribution in [0.5, 0.6) is 0 Å². The molecule has 2 aromatic carbocycles. The molecule has 1 aromatic heterocycles. The number of hydrogen-bond acceptors (Lipinski definition) is 3. The number of amides is 3. The van der Waals surface area contributed by atoms with E-state index in [0.29, 0.717) is 17.7 Å². The molecule has 1 aliphatic heterocycles. The molecule has 0 fully saturated rings. The van der Waals surface area contributed by atoms with Crippen molar-refractivity contribution in [2.75, 3.05) is 6.54 Å². The smallest absolute Gasteiger partial charge is 0.261 e. The summed E-state index contributed by atoms with van der Waals surface area (Å²) in [7, 11) is 0. The van der Waals surface area contributed by atoms with Crippen molar-refractivity contribution in [1.29, 1.82) is 0 Å². The molecule has 6 heteroatoms. The van der Waals surface area contributed by atoms with E-state index >= 15 is 0 Å². The van der Waals surface area contributed by atoms with Crippen LogP contribution in [0.25, 0.3) is 10.9 Å². The first-order valence-electron chi connectivity index (χ1n) is 9.67. The zero-order chi connectivity index (χ0) is 20.7. The quantitative estimate of drug-likeness (QED) is 0.656. The summed E-state index contributed by atoms with van der Waals surface area (Å²) in [6.07, 6.45) is 0.0726. The number of aromatic amines is 1. The van der Waals surface area contributed by atoms with Crippen molar-refractivity contribution in [3.8, 4) is 0 Å². The fourth-order valence-corrected chi connectivity index (χ4v) is 3.87. The van der Waals surface area contributed by atoms with Crippen molar-refractivity contribution in [2.45, 2.75) is 33.7 Å². The fraction of sp³-hybridized carbons (Fsp3) is 0.261. The van der Waals surface area contributed by atoms with Gasteiger partial charge in [0.05, 0.1) is 16.6 Å². The minimum absolute atomic E-state index is 0.0716. The van der Waals surface area contributed by atoms with E-state index in [0.717, 1.165) is 32.6 Å². The molecule has 29 heavy (non-hydrogen) atoms. The molecule has 148 valence electrons. The standard InChI is InChI=1S/C23H23N3O3/c1-13-10-16(21-19(11-13)14(2)15(3)25-21)12-24-20(27)8-9-26-22(28)17-6-4-5-7-18(17)23(26)29/h4-7,10-11,25H,8-9,12H2,1-3H3,(H,24,27). The minimum atomic E-state index is -0.337. The van der Waals surface area contributed by atoms with Gasteiger partial charge in [0.1, 0.15) is 0 Å². The Hall–Kier alpha value is -3.41. The lowest BCUT2D eigenvalue weighted by molar-refractivity contribution is -0.121. The molecule has 0 radical (unpaired) electrons. The predicted molar refractivity (Wildman–Crippen MR) is 111 cm³/mol. The highest BCUT2D eigenvalue weighted by Crippen LogP contribution is 2.26. The van der Waals surface area contributed by atoms with Crippen molar-refractivity contribution >= 4 is 28.6 Å². The number of carbonyl (C=O) groups is 3. The second-order valence-electron chi connectivity index (χ2n) is 7.56. The maximum absolute atomic E-state index is 12.4. The molecule has 3 aromatic rings.